The zero-order valence-corrected chi connectivity index (χ0v) is 16.1. The fourth-order valence-corrected chi connectivity index (χ4v) is 6.02. The molecule has 0 N–H and O–H groups in total. The molecule has 0 bridgehead atoms. The minimum absolute atomic E-state index is 0.304. The number of ketones is 2. The van der Waals surface area contributed by atoms with E-state index in [1.807, 2.05) is 0 Å². The number of allylic oxidation sites excluding steroid dienone is 2. The maximum Gasteiger partial charge on any atom is 0.203 e. The van der Waals surface area contributed by atoms with Gasteiger partial charge in [-0.05, 0) is 24.3 Å². The van der Waals surface area contributed by atoms with Crippen molar-refractivity contribution in [3.05, 3.63) is 65.3 Å². The van der Waals surface area contributed by atoms with Gasteiger partial charge in [0.2, 0.25) is 11.6 Å². The molecule has 24 heavy (non-hydrogen) atoms. The molecule has 4 rings (SSSR count). The molecule has 2 aliphatic heterocycles. The number of Topliss-reactive ketones (excluding diaryl/α,β-unsaturated/α-hetero) is 2. The van der Waals surface area contributed by atoms with Crippen LogP contribution in [0.1, 0.15) is 20.7 Å². The number of hydrogen-bond donors (Lipinski definition) is 0. The molecule has 0 radical (unpaired) electrons. The van der Waals surface area contributed by atoms with Crippen LogP contribution < -0.4 is 0 Å². The number of benzene rings is 2. The van der Waals surface area contributed by atoms with E-state index in [-0.39, 0.29) is 11.6 Å². The summed E-state index contributed by atoms with van der Waals surface area (Å²) in [5, 5.41) is 1.47. The van der Waals surface area contributed by atoms with Gasteiger partial charge in [-0.1, -0.05) is 69.9 Å². The summed E-state index contributed by atoms with van der Waals surface area (Å²) in [4.78, 5) is 27.3. The summed E-state index contributed by atoms with van der Waals surface area (Å²) < 4.78 is 0. The third-order valence-corrected chi connectivity index (χ3v) is 7.66. The average Bonchev–Trinajstić information content (AvgIpc) is 3.07. The minimum atomic E-state index is -0.307. The smallest absolute Gasteiger partial charge is 0.203 e. The van der Waals surface area contributed by atoms with Crippen LogP contribution in [0.2, 0.25) is 20.1 Å². The van der Waals surface area contributed by atoms with Crippen molar-refractivity contribution in [3.8, 4) is 0 Å². The Morgan fingerprint density at radius 3 is 1.25 bits per heavy atom. The number of halogens is 4. The Kier molecular flexibility index (Phi) is 4.19. The second-order valence-corrected chi connectivity index (χ2v) is 8.66. The fourth-order valence-electron chi connectivity index (χ4n) is 2.51. The normalized spacial score (nSPS) is 19.0. The Labute approximate surface area is 165 Å². The molecule has 120 valence electrons. The quantitative estimate of drug-likeness (QED) is 0.428. The maximum absolute atomic E-state index is 12.8. The Hall–Kier alpha value is -0.620. The number of rotatable bonds is 0. The first-order chi connectivity index (χ1) is 11.4. The van der Waals surface area contributed by atoms with E-state index in [0.717, 1.165) is 23.5 Å². The van der Waals surface area contributed by atoms with E-state index in [4.69, 9.17) is 46.4 Å². The second-order valence-electron chi connectivity index (χ2n) is 4.99. The van der Waals surface area contributed by atoms with Crippen molar-refractivity contribution in [2.75, 3.05) is 0 Å². The predicted molar refractivity (Wildman–Crippen MR) is 100 cm³/mol. The van der Waals surface area contributed by atoms with E-state index < -0.39 is 0 Å². The lowest BCUT2D eigenvalue weighted by Crippen LogP contribution is -2.03. The van der Waals surface area contributed by atoms with Crippen molar-refractivity contribution in [1.29, 1.82) is 0 Å². The molecule has 2 aliphatic rings. The van der Waals surface area contributed by atoms with Crippen LogP contribution in [0.4, 0.5) is 0 Å². The molecule has 0 spiro atoms. The molecule has 8 heteroatoms. The SMILES string of the molecule is O=C1C(=C2Sc3c(Cl)ccc(Cl)c3C2=O)Sc2c(Cl)ccc(Cl)c21. The highest BCUT2D eigenvalue weighted by Gasteiger charge is 2.39. The van der Waals surface area contributed by atoms with Crippen molar-refractivity contribution in [2.24, 2.45) is 0 Å². The molecule has 0 saturated carbocycles. The van der Waals surface area contributed by atoms with Crippen LogP contribution in [0.25, 0.3) is 0 Å². The number of hydrogen-bond acceptors (Lipinski definition) is 4. The van der Waals surface area contributed by atoms with Gasteiger partial charge >= 0.3 is 0 Å². The molecule has 2 aromatic rings. The van der Waals surface area contributed by atoms with Crippen molar-refractivity contribution < 1.29 is 9.59 Å². The van der Waals surface area contributed by atoms with Crippen molar-refractivity contribution in [3.63, 3.8) is 0 Å². The van der Waals surface area contributed by atoms with Gasteiger partial charge in [0.25, 0.3) is 0 Å². The van der Waals surface area contributed by atoms with Gasteiger partial charge in [-0.3, -0.25) is 9.59 Å². The standard InChI is InChI=1S/C16H4Cl4O2S2/c17-5-1-3-7(19)13-9(5)11(21)15(23-13)16-12(22)10-6(18)2-4-8(20)14(10)24-16/h1-4H. The third-order valence-electron chi connectivity index (χ3n) is 3.60. The molecule has 2 heterocycles. The average molecular weight is 434 g/mol. The largest absolute Gasteiger partial charge is 0.288 e. The Morgan fingerprint density at radius 2 is 0.917 bits per heavy atom. The van der Waals surface area contributed by atoms with Crippen molar-refractivity contribution >= 4 is 81.5 Å². The van der Waals surface area contributed by atoms with E-state index in [1.165, 1.54) is 0 Å². The van der Waals surface area contributed by atoms with E-state index in [9.17, 15) is 9.59 Å². The molecule has 0 saturated heterocycles. The summed E-state index contributed by atoms with van der Waals surface area (Å²) >= 11 is 26.9. The van der Waals surface area contributed by atoms with Gasteiger partial charge in [-0.2, -0.15) is 0 Å². The minimum Gasteiger partial charge on any atom is -0.288 e. The predicted octanol–water partition coefficient (Wildman–Crippen LogP) is 6.79. The van der Waals surface area contributed by atoms with E-state index in [2.05, 4.69) is 0 Å². The van der Waals surface area contributed by atoms with Gasteiger partial charge in [-0.15, -0.1) is 0 Å². The highest BCUT2D eigenvalue weighted by Crippen LogP contribution is 2.54. The Bertz CT molecular complexity index is 919. The number of fused-ring (bicyclic) bond motifs is 2. The van der Waals surface area contributed by atoms with Gasteiger partial charge in [0, 0.05) is 9.79 Å². The van der Waals surface area contributed by atoms with Crippen LogP contribution >= 0.6 is 69.9 Å². The van der Waals surface area contributed by atoms with Crippen molar-refractivity contribution in [2.45, 2.75) is 9.79 Å². The molecule has 0 unspecified atom stereocenters. The lowest BCUT2D eigenvalue weighted by Gasteiger charge is -2.00. The summed E-state index contributed by atoms with van der Waals surface area (Å²) in [6.45, 7) is 0. The lowest BCUT2D eigenvalue weighted by molar-refractivity contribution is 0.101. The zero-order chi connectivity index (χ0) is 17.2. The van der Waals surface area contributed by atoms with Crippen LogP contribution in [0.3, 0.4) is 0 Å². The van der Waals surface area contributed by atoms with Gasteiger partial charge < -0.3 is 0 Å². The summed E-state index contributed by atoms with van der Waals surface area (Å²) in [5.41, 5.74) is 0.663. The topological polar surface area (TPSA) is 34.1 Å². The van der Waals surface area contributed by atoms with E-state index in [0.29, 0.717) is 50.8 Å². The summed E-state index contributed by atoms with van der Waals surface area (Å²) in [7, 11) is 0. The highest BCUT2D eigenvalue weighted by atomic mass is 35.5. The Morgan fingerprint density at radius 1 is 0.583 bits per heavy atom. The molecule has 0 aliphatic carbocycles. The van der Waals surface area contributed by atoms with E-state index in [1.54, 1.807) is 24.3 Å². The van der Waals surface area contributed by atoms with Crippen LogP contribution in [-0.4, -0.2) is 11.6 Å². The van der Waals surface area contributed by atoms with Gasteiger partial charge in [0.15, 0.2) is 0 Å². The van der Waals surface area contributed by atoms with Crippen molar-refractivity contribution in [1.82, 2.24) is 0 Å². The van der Waals surface area contributed by atoms with Crippen LogP contribution in [0.15, 0.2) is 43.9 Å². The second kappa shape index (κ2) is 5.97. The summed E-state index contributed by atoms with van der Waals surface area (Å²) in [5.74, 6) is -0.614. The zero-order valence-electron chi connectivity index (χ0n) is 11.5. The Balaban J connectivity index is 1.90. The summed E-state index contributed by atoms with van der Waals surface area (Å²) in [6.07, 6.45) is 0. The molecule has 2 aromatic carbocycles. The lowest BCUT2D eigenvalue weighted by atomic mass is 10.1. The first kappa shape index (κ1) is 16.8. The van der Waals surface area contributed by atoms with Crippen LogP contribution in [0.5, 0.6) is 0 Å². The summed E-state index contributed by atoms with van der Waals surface area (Å²) in [6, 6.07) is 6.40. The molecule has 2 nitrogen and oxygen atoms in total. The molecule has 0 amide bonds. The van der Waals surface area contributed by atoms with E-state index >= 15 is 0 Å². The molecule has 0 atom stereocenters. The van der Waals surface area contributed by atoms with Gasteiger partial charge in [0.05, 0.1) is 41.0 Å². The molecular weight excluding hydrogens is 430 g/mol. The maximum atomic E-state index is 12.8. The highest BCUT2D eigenvalue weighted by molar-refractivity contribution is 8.08. The van der Waals surface area contributed by atoms with Crippen LogP contribution in [0, 0.1) is 0 Å². The molecule has 0 fully saturated rings. The first-order valence-electron chi connectivity index (χ1n) is 6.55. The molecular formula is C16H4Cl4O2S2. The molecule has 0 aromatic heterocycles. The third kappa shape index (κ3) is 2.36. The van der Waals surface area contributed by atoms with Crippen LogP contribution in [-0.2, 0) is 0 Å². The first-order valence-corrected chi connectivity index (χ1v) is 9.70. The van der Waals surface area contributed by atoms with Gasteiger partial charge in [-0.25, -0.2) is 0 Å². The van der Waals surface area contributed by atoms with Gasteiger partial charge in [0.1, 0.15) is 0 Å². The number of thioether (sulfide) groups is 2. The number of carbonyl (C=O) groups excluding carboxylic acids is 2. The fraction of sp³-hybridized carbons (Fsp3) is 0. The number of carbonyl (C=O) groups is 2. The monoisotopic (exact) mass is 432 g/mol.